The molecule has 0 radical (unpaired) electrons. The highest BCUT2D eigenvalue weighted by Gasteiger charge is 2.21. The zero-order valence-electron chi connectivity index (χ0n) is 8.47. The normalized spacial score (nSPS) is 10.6. The van der Waals surface area contributed by atoms with Crippen LogP contribution in [-0.2, 0) is 14.8 Å². The predicted octanol–water partition coefficient (Wildman–Crippen LogP) is -2.03. The standard InChI is InChI=1S/C8H11NO4S2.ClH/c1-2-4-13-8(10)7-6(3-5-14-7)15(9,11)12;/h3,5H,2,4H2,1H3,(H2,9,11,12);1H/p-1. The maximum Gasteiger partial charge on any atom is 0.349 e. The molecule has 0 fully saturated rings. The van der Waals surface area contributed by atoms with E-state index in [1.54, 1.807) is 0 Å². The summed E-state index contributed by atoms with van der Waals surface area (Å²) < 4.78 is 27.0. The van der Waals surface area contributed by atoms with Crippen LogP contribution in [0, 0.1) is 0 Å². The van der Waals surface area contributed by atoms with Crippen molar-refractivity contribution in [3.8, 4) is 0 Å². The van der Waals surface area contributed by atoms with Crippen molar-refractivity contribution in [2.75, 3.05) is 6.61 Å². The Kier molecular flexibility index (Phi) is 5.95. The minimum Gasteiger partial charge on any atom is -1.00 e. The molecule has 0 saturated carbocycles. The van der Waals surface area contributed by atoms with Crippen molar-refractivity contribution in [2.24, 2.45) is 5.14 Å². The third-order valence-corrected chi connectivity index (χ3v) is 3.54. The lowest BCUT2D eigenvalue weighted by Gasteiger charge is -2.02. The smallest absolute Gasteiger partial charge is 0.349 e. The maximum atomic E-state index is 11.4. The van der Waals surface area contributed by atoms with Crippen LogP contribution in [0.2, 0.25) is 0 Å². The molecule has 1 aromatic heterocycles. The molecule has 0 amide bonds. The summed E-state index contributed by atoms with van der Waals surface area (Å²) in [5.74, 6) is -0.643. The summed E-state index contributed by atoms with van der Waals surface area (Å²) >= 11 is 1.00. The molecule has 16 heavy (non-hydrogen) atoms. The van der Waals surface area contributed by atoms with Gasteiger partial charge in [0, 0.05) is 0 Å². The zero-order chi connectivity index (χ0) is 11.5. The Hall–Kier alpha value is -0.630. The minimum absolute atomic E-state index is 0. The van der Waals surface area contributed by atoms with E-state index in [1.165, 1.54) is 11.4 Å². The molecule has 0 saturated heterocycles. The SMILES string of the molecule is CCCOC(=O)c1sccc1S(N)(=O)=O.[Cl-]. The lowest BCUT2D eigenvalue weighted by atomic mass is 10.4. The van der Waals surface area contributed by atoms with Gasteiger partial charge in [0.1, 0.15) is 9.77 Å². The number of hydrogen-bond donors (Lipinski definition) is 1. The third kappa shape index (κ3) is 3.75. The van der Waals surface area contributed by atoms with Crippen molar-refractivity contribution in [3.05, 3.63) is 16.3 Å². The number of halogens is 1. The Bertz CT molecular complexity index is 454. The molecule has 2 N–H and O–H groups in total. The second-order valence-electron chi connectivity index (χ2n) is 2.79. The highest BCUT2D eigenvalue weighted by atomic mass is 35.5. The average Bonchev–Trinajstić information content (AvgIpc) is 2.61. The molecule has 8 heteroatoms. The van der Waals surface area contributed by atoms with Crippen LogP contribution >= 0.6 is 11.3 Å². The summed E-state index contributed by atoms with van der Waals surface area (Å²) in [4.78, 5) is 11.3. The number of carbonyl (C=O) groups excluding carboxylic acids is 1. The summed E-state index contributed by atoms with van der Waals surface area (Å²) in [6.45, 7) is 2.11. The Morgan fingerprint density at radius 1 is 1.56 bits per heavy atom. The molecule has 0 aliphatic heterocycles. The van der Waals surface area contributed by atoms with E-state index in [9.17, 15) is 13.2 Å². The van der Waals surface area contributed by atoms with Crippen molar-refractivity contribution < 1.29 is 30.4 Å². The van der Waals surface area contributed by atoms with Crippen LogP contribution in [0.4, 0.5) is 0 Å². The first-order valence-electron chi connectivity index (χ1n) is 4.24. The van der Waals surface area contributed by atoms with E-state index in [1.807, 2.05) is 6.92 Å². The van der Waals surface area contributed by atoms with Gasteiger partial charge < -0.3 is 17.1 Å². The van der Waals surface area contributed by atoms with Gasteiger partial charge in [0.25, 0.3) is 0 Å². The molecule has 0 spiro atoms. The van der Waals surface area contributed by atoms with Gasteiger partial charge in [0.05, 0.1) is 6.61 Å². The van der Waals surface area contributed by atoms with E-state index >= 15 is 0 Å². The van der Waals surface area contributed by atoms with Crippen LogP contribution in [0.5, 0.6) is 0 Å². The van der Waals surface area contributed by atoms with Crippen molar-refractivity contribution in [1.82, 2.24) is 0 Å². The summed E-state index contributed by atoms with van der Waals surface area (Å²) in [6, 6.07) is 1.29. The van der Waals surface area contributed by atoms with E-state index < -0.39 is 16.0 Å². The largest absolute Gasteiger partial charge is 1.00 e. The number of ether oxygens (including phenoxy) is 1. The Balaban J connectivity index is 0.00000225. The van der Waals surface area contributed by atoms with Crippen molar-refractivity contribution >= 4 is 27.3 Å². The van der Waals surface area contributed by atoms with E-state index in [4.69, 9.17) is 9.88 Å². The van der Waals surface area contributed by atoms with Crippen molar-refractivity contribution in [3.63, 3.8) is 0 Å². The molecular weight excluding hydrogens is 274 g/mol. The Morgan fingerprint density at radius 3 is 2.69 bits per heavy atom. The molecule has 0 unspecified atom stereocenters. The molecule has 1 rings (SSSR count). The number of sulfonamides is 1. The van der Waals surface area contributed by atoms with E-state index in [2.05, 4.69) is 0 Å². The number of esters is 1. The monoisotopic (exact) mass is 284 g/mol. The number of hydrogen-bond acceptors (Lipinski definition) is 5. The summed E-state index contributed by atoms with van der Waals surface area (Å²) in [5.41, 5.74) is 0. The number of carbonyl (C=O) groups is 1. The Labute approximate surface area is 104 Å². The number of nitrogens with two attached hydrogens (primary N) is 1. The summed E-state index contributed by atoms with van der Waals surface area (Å²) in [6.07, 6.45) is 0.682. The van der Waals surface area contributed by atoms with E-state index in [0.29, 0.717) is 6.42 Å². The van der Waals surface area contributed by atoms with E-state index in [0.717, 1.165) is 11.3 Å². The second kappa shape index (κ2) is 6.19. The van der Waals surface area contributed by atoms with Crippen LogP contribution in [0.25, 0.3) is 0 Å². The molecule has 0 aromatic carbocycles. The van der Waals surface area contributed by atoms with Gasteiger partial charge in [0.15, 0.2) is 0 Å². The number of primary sulfonamides is 1. The fourth-order valence-electron chi connectivity index (χ4n) is 0.931. The van der Waals surface area contributed by atoms with Gasteiger partial charge in [-0.25, -0.2) is 18.4 Å². The molecule has 0 atom stereocenters. The lowest BCUT2D eigenvalue weighted by molar-refractivity contribution is -0.0000233. The molecule has 0 bridgehead atoms. The van der Waals surface area contributed by atoms with Crippen molar-refractivity contribution in [1.29, 1.82) is 0 Å². The van der Waals surface area contributed by atoms with Crippen LogP contribution in [0.3, 0.4) is 0 Å². The highest BCUT2D eigenvalue weighted by molar-refractivity contribution is 7.89. The van der Waals surface area contributed by atoms with Gasteiger partial charge >= 0.3 is 5.97 Å². The van der Waals surface area contributed by atoms with Gasteiger partial charge in [-0.05, 0) is 17.9 Å². The maximum absolute atomic E-state index is 11.4. The van der Waals surface area contributed by atoms with Gasteiger partial charge in [-0.3, -0.25) is 0 Å². The predicted molar refractivity (Wildman–Crippen MR) is 56.3 cm³/mol. The Morgan fingerprint density at radius 2 is 2.19 bits per heavy atom. The van der Waals surface area contributed by atoms with Gasteiger partial charge in [-0.15, -0.1) is 11.3 Å². The zero-order valence-corrected chi connectivity index (χ0v) is 10.9. The van der Waals surface area contributed by atoms with Gasteiger partial charge in [-0.1, -0.05) is 6.92 Å². The molecule has 5 nitrogen and oxygen atoms in total. The molecule has 1 aromatic rings. The lowest BCUT2D eigenvalue weighted by Crippen LogP contribution is -3.00. The van der Waals surface area contributed by atoms with E-state index in [-0.39, 0.29) is 28.8 Å². The first-order valence-corrected chi connectivity index (χ1v) is 6.66. The van der Waals surface area contributed by atoms with Crippen LogP contribution in [-0.4, -0.2) is 21.0 Å². The number of rotatable bonds is 4. The molecule has 0 aliphatic carbocycles. The molecule has 1 heterocycles. The van der Waals surface area contributed by atoms with Crippen LogP contribution < -0.4 is 17.5 Å². The second-order valence-corrected chi connectivity index (χ2v) is 5.24. The third-order valence-electron chi connectivity index (χ3n) is 1.56. The fraction of sp³-hybridized carbons (Fsp3) is 0.375. The van der Waals surface area contributed by atoms with Gasteiger partial charge in [0.2, 0.25) is 10.0 Å². The molecular formula is C8H11ClNO4S2-. The van der Waals surface area contributed by atoms with Crippen LogP contribution in [0.1, 0.15) is 23.0 Å². The van der Waals surface area contributed by atoms with Crippen LogP contribution in [0.15, 0.2) is 16.3 Å². The van der Waals surface area contributed by atoms with Crippen molar-refractivity contribution in [2.45, 2.75) is 18.2 Å². The quantitative estimate of drug-likeness (QED) is 0.646. The summed E-state index contributed by atoms with van der Waals surface area (Å²) in [7, 11) is -3.85. The fourth-order valence-corrected chi connectivity index (χ4v) is 2.79. The molecule has 0 aliphatic rings. The minimum atomic E-state index is -3.85. The first kappa shape index (κ1) is 15.4. The molecule has 92 valence electrons. The van der Waals surface area contributed by atoms with Gasteiger partial charge in [-0.2, -0.15) is 0 Å². The topological polar surface area (TPSA) is 86.5 Å². The highest BCUT2D eigenvalue weighted by Crippen LogP contribution is 2.21. The number of thiophene rings is 1. The average molecular weight is 285 g/mol. The first-order chi connectivity index (χ1) is 6.96. The summed E-state index contributed by atoms with van der Waals surface area (Å²) in [5, 5.41) is 6.43.